The molecule has 0 heterocycles. The summed E-state index contributed by atoms with van der Waals surface area (Å²) in [7, 11) is 0. The first kappa shape index (κ1) is 11.8. The molecule has 1 nitrogen and oxygen atoms in total. The van der Waals surface area contributed by atoms with Crippen LogP contribution in [0.15, 0.2) is 0 Å². The van der Waals surface area contributed by atoms with Crippen LogP contribution in [0.4, 0.5) is 0 Å². The average Bonchev–Trinajstić information content (AvgIpc) is 2.05. The maximum Gasteiger partial charge on any atom is 0.0633 e. The summed E-state index contributed by atoms with van der Waals surface area (Å²) in [6.45, 7) is 4.36. The molecule has 0 aliphatic rings. The van der Waals surface area contributed by atoms with E-state index in [0.29, 0.717) is 11.7 Å². The van der Waals surface area contributed by atoms with Crippen molar-refractivity contribution in [1.82, 2.24) is 0 Å². The summed E-state index contributed by atoms with van der Waals surface area (Å²) in [6, 6.07) is 2.20. The van der Waals surface area contributed by atoms with Crippen LogP contribution in [0.3, 0.4) is 0 Å². The number of nitrogens with zero attached hydrogens (tertiary/aromatic N) is 1. The SMILES string of the molecule is CCCCCCSC(C)CC#N. The van der Waals surface area contributed by atoms with Crippen LogP contribution in [0.1, 0.15) is 46.0 Å². The van der Waals surface area contributed by atoms with Crippen molar-refractivity contribution in [2.24, 2.45) is 0 Å². The largest absolute Gasteiger partial charge is 0.198 e. The second kappa shape index (κ2) is 8.93. The van der Waals surface area contributed by atoms with Crippen molar-refractivity contribution < 1.29 is 0 Å². The van der Waals surface area contributed by atoms with Crippen LogP contribution in [0.2, 0.25) is 0 Å². The van der Waals surface area contributed by atoms with Gasteiger partial charge >= 0.3 is 0 Å². The summed E-state index contributed by atoms with van der Waals surface area (Å²) < 4.78 is 0. The summed E-state index contributed by atoms with van der Waals surface area (Å²) in [5.41, 5.74) is 0. The Balaban J connectivity index is 3.04. The molecule has 0 aromatic rings. The highest BCUT2D eigenvalue weighted by Gasteiger charge is 1.99. The third-order valence-corrected chi connectivity index (χ3v) is 3.04. The Bertz CT molecular complexity index is 128. The first-order valence-electron chi connectivity index (χ1n) is 4.79. The minimum absolute atomic E-state index is 0.525. The van der Waals surface area contributed by atoms with Gasteiger partial charge in [-0.2, -0.15) is 17.0 Å². The van der Waals surface area contributed by atoms with Crippen molar-refractivity contribution in [2.75, 3.05) is 5.75 Å². The first-order valence-corrected chi connectivity index (χ1v) is 5.84. The summed E-state index contributed by atoms with van der Waals surface area (Å²) in [6.07, 6.45) is 6.01. The molecule has 0 radical (unpaired) electrons. The van der Waals surface area contributed by atoms with Gasteiger partial charge in [0.25, 0.3) is 0 Å². The number of unbranched alkanes of at least 4 members (excludes halogenated alkanes) is 3. The lowest BCUT2D eigenvalue weighted by atomic mass is 10.2. The third-order valence-electron chi connectivity index (χ3n) is 1.78. The molecule has 0 spiro atoms. The van der Waals surface area contributed by atoms with Gasteiger partial charge in [0.2, 0.25) is 0 Å². The zero-order chi connectivity index (χ0) is 9.23. The normalized spacial score (nSPS) is 12.4. The molecule has 1 unspecified atom stereocenters. The van der Waals surface area contributed by atoms with E-state index < -0.39 is 0 Å². The van der Waals surface area contributed by atoms with Crippen LogP contribution in [0, 0.1) is 11.3 Å². The Morgan fingerprint density at radius 3 is 2.67 bits per heavy atom. The third kappa shape index (κ3) is 7.94. The smallest absolute Gasteiger partial charge is 0.0633 e. The maximum atomic E-state index is 8.41. The number of nitriles is 1. The molecule has 0 N–H and O–H groups in total. The molecule has 0 aromatic carbocycles. The van der Waals surface area contributed by atoms with Gasteiger partial charge in [-0.05, 0) is 12.2 Å². The zero-order valence-electron chi connectivity index (χ0n) is 8.18. The molecule has 0 aromatic heterocycles. The van der Waals surface area contributed by atoms with E-state index in [4.69, 9.17) is 5.26 Å². The van der Waals surface area contributed by atoms with Gasteiger partial charge in [-0.25, -0.2) is 0 Å². The highest BCUT2D eigenvalue weighted by atomic mass is 32.2. The Morgan fingerprint density at radius 2 is 2.08 bits per heavy atom. The first-order chi connectivity index (χ1) is 5.81. The predicted octanol–water partition coefficient (Wildman–Crippen LogP) is 3.60. The van der Waals surface area contributed by atoms with E-state index in [-0.39, 0.29) is 0 Å². The summed E-state index contributed by atoms with van der Waals surface area (Å²) in [4.78, 5) is 0. The molecule has 70 valence electrons. The Morgan fingerprint density at radius 1 is 1.33 bits per heavy atom. The zero-order valence-corrected chi connectivity index (χ0v) is 8.99. The molecule has 2 heteroatoms. The molecule has 0 bridgehead atoms. The van der Waals surface area contributed by atoms with Crippen molar-refractivity contribution in [3.05, 3.63) is 0 Å². The van der Waals surface area contributed by atoms with E-state index in [9.17, 15) is 0 Å². The van der Waals surface area contributed by atoms with Gasteiger partial charge in [0.15, 0.2) is 0 Å². The van der Waals surface area contributed by atoms with Gasteiger partial charge in [-0.15, -0.1) is 0 Å². The van der Waals surface area contributed by atoms with Gasteiger partial charge in [-0.3, -0.25) is 0 Å². The minimum Gasteiger partial charge on any atom is -0.198 e. The fourth-order valence-electron chi connectivity index (χ4n) is 1.00. The molecule has 0 fully saturated rings. The lowest BCUT2D eigenvalue weighted by Crippen LogP contribution is -1.95. The standard InChI is InChI=1S/C10H19NS/c1-3-4-5-6-9-12-10(2)7-8-11/h10H,3-7,9H2,1-2H3. The molecule has 12 heavy (non-hydrogen) atoms. The lowest BCUT2D eigenvalue weighted by molar-refractivity contribution is 0.706. The summed E-state index contributed by atoms with van der Waals surface area (Å²) in [5, 5.41) is 8.94. The van der Waals surface area contributed by atoms with Crippen LogP contribution >= 0.6 is 11.8 Å². The second-order valence-electron chi connectivity index (χ2n) is 3.10. The van der Waals surface area contributed by atoms with E-state index in [1.54, 1.807) is 0 Å². The minimum atomic E-state index is 0.525. The molecule has 0 saturated carbocycles. The number of thioether (sulfide) groups is 1. The molecular formula is C10H19NS. The molecule has 0 aliphatic carbocycles. The monoisotopic (exact) mass is 185 g/mol. The van der Waals surface area contributed by atoms with Crippen LogP contribution in [0.25, 0.3) is 0 Å². The van der Waals surface area contributed by atoms with Crippen molar-refractivity contribution >= 4 is 11.8 Å². The van der Waals surface area contributed by atoms with Crippen molar-refractivity contribution in [1.29, 1.82) is 5.26 Å². The molecule has 0 rings (SSSR count). The Labute approximate surface area is 80.5 Å². The van der Waals surface area contributed by atoms with Crippen LogP contribution in [-0.4, -0.2) is 11.0 Å². The highest BCUT2D eigenvalue weighted by Crippen LogP contribution is 2.15. The molecular weight excluding hydrogens is 166 g/mol. The fraction of sp³-hybridized carbons (Fsp3) is 0.900. The van der Waals surface area contributed by atoms with E-state index in [1.165, 1.54) is 31.4 Å². The molecule has 0 aliphatic heterocycles. The Kier molecular flexibility index (Phi) is 8.81. The molecule has 0 amide bonds. The fourth-order valence-corrected chi connectivity index (χ4v) is 1.97. The molecule has 1 atom stereocenters. The summed E-state index contributed by atoms with van der Waals surface area (Å²) in [5.74, 6) is 1.23. The number of rotatable bonds is 7. The van der Waals surface area contributed by atoms with Gasteiger partial charge in [0.1, 0.15) is 0 Å². The van der Waals surface area contributed by atoms with E-state index in [0.717, 1.165) is 0 Å². The Hall–Kier alpha value is -0.160. The van der Waals surface area contributed by atoms with Gasteiger partial charge < -0.3 is 0 Å². The number of hydrogen-bond acceptors (Lipinski definition) is 2. The van der Waals surface area contributed by atoms with E-state index >= 15 is 0 Å². The van der Waals surface area contributed by atoms with Gasteiger partial charge in [-0.1, -0.05) is 33.1 Å². The average molecular weight is 185 g/mol. The van der Waals surface area contributed by atoms with Gasteiger partial charge in [0.05, 0.1) is 6.07 Å². The van der Waals surface area contributed by atoms with Crippen LogP contribution in [-0.2, 0) is 0 Å². The van der Waals surface area contributed by atoms with Crippen molar-refractivity contribution in [3.63, 3.8) is 0 Å². The second-order valence-corrected chi connectivity index (χ2v) is 4.65. The molecule has 0 saturated heterocycles. The quantitative estimate of drug-likeness (QED) is 0.566. The summed E-state index contributed by atoms with van der Waals surface area (Å²) >= 11 is 1.93. The van der Waals surface area contributed by atoms with Gasteiger partial charge in [0, 0.05) is 11.7 Å². The van der Waals surface area contributed by atoms with E-state index in [2.05, 4.69) is 19.9 Å². The maximum absolute atomic E-state index is 8.41. The van der Waals surface area contributed by atoms with Crippen molar-refractivity contribution in [3.8, 4) is 6.07 Å². The van der Waals surface area contributed by atoms with Crippen molar-refractivity contribution in [2.45, 2.75) is 51.2 Å². The highest BCUT2D eigenvalue weighted by molar-refractivity contribution is 7.99. The van der Waals surface area contributed by atoms with Crippen LogP contribution < -0.4 is 0 Å². The lowest BCUT2D eigenvalue weighted by Gasteiger charge is -2.05. The van der Waals surface area contributed by atoms with Crippen LogP contribution in [0.5, 0.6) is 0 Å². The number of hydrogen-bond donors (Lipinski definition) is 0. The predicted molar refractivity (Wildman–Crippen MR) is 56.3 cm³/mol. The topological polar surface area (TPSA) is 23.8 Å². The van der Waals surface area contributed by atoms with E-state index in [1.807, 2.05) is 11.8 Å².